The van der Waals surface area contributed by atoms with Gasteiger partial charge in [0.05, 0.1) is 29.4 Å². The normalized spacial score (nSPS) is 19.7. The Morgan fingerprint density at radius 3 is 2.70 bits per heavy atom. The van der Waals surface area contributed by atoms with Crippen molar-refractivity contribution in [2.75, 3.05) is 50.6 Å². The van der Waals surface area contributed by atoms with E-state index in [2.05, 4.69) is 27.1 Å². The van der Waals surface area contributed by atoms with Gasteiger partial charge in [-0.3, -0.25) is 9.78 Å². The van der Waals surface area contributed by atoms with Gasteiger partial charge < -0.3 is 29.9 Å². The van der Waals surface area contributed by atoms with E-state index in [1.54, 1.807) is 32.4 Å². The smallest absolute Gasteiger partial charge is 0.341 e. The van der Waals surface area contributed by atoms with Crippen LogP contribution in [0.25, 0.3) is 33.3 Å². The summed E-state index contributed by atoms with van der Waals surface area (Å²) in [5.74, 6) is -2.86. The van der Waals surface area contributed by atoms with E-state index in [0.717, 1.165) is 19.5 Å². The molecule has 0 saturated carbocycles. The summed E-state index contributed by atoms with van der Waals surface area (Å²) >= 11 is 0. The van der Waals surface area contributed by atoms with Crippen molar-refractivity contribution in [1.29, 1.82) is 0 Å². The maximum absolute atomic E-state index is 15.8. The van der Waals surface area contributed by atoms with Crippen LogP contribution in [0.4, 0.5) is 20.2 Å². The Bertz CT molecular complexity index is 1930. The highest BCUT2D eigenvalue weighted by Gasteiger charge is 2.43. The van der Waals surface area contributed by atoms with Gasteiger partial charge in [-0.25, -0.2) is 18.6 Å². The van der Waals surface area contributed by atoms with Crippen LogP contribution in [0.2, 0.25) is 0 Å². The third-order valence-electron chi connectivity index (χ3n) is 9.49. The fraction of sp³-hybridized carbons (Fsp3) is 0.375. The molecule has 2 unspecified atom stereocenters. The van der Waals surface area contributed by atoms with E-state index in [4.69, 9.17) is 4.98 Å². The number of anilines is 2. The molecular formula is C32H32F2N6O4. The first-order chi connectivity index (χ1) is 21.1. The first-order valence-corrected chi connectivity index (χ1v) is 14.7. The summed E-state index contributed by atoms with van der Waals surface area (Å²) in [7, 11) is 3.75. The molecule has 228 valence electrons. The molecule has 0 bridgehead atoms. The fourth-order valence-corrected chi connectivity index (χ4v) is 7.35. The van der Waals surface area contributed by atoms with Gasteiger partial charge in [-0.1, -0.05) is 0 Å². The summed E-state index contributed by atoms with van der Waals surface area (Å²) in [6.07, 6.45) is 5.75. The highest BCUT2D eigenvalue weighted by Crippen LogP contribution is 2.52. The van der Waals surface area contributed by atoms with E-state index < -0.39 is 34.6 Å². The lowest BCUT2D eigenvalue weighted by atomic mass is 9.96. The number of fused-ring (bicyclic) bond motifs is 5. The van der Waals surface area contributed by atoms with Gasteiger partial charge in [0.2, 0.25) is 5.43 Å². The number of halogens is 2. The summed E-state index contributed by atoms with van der Waals surface area (Å²) in [6.45, 7) is 3.86. The van der Waals surface area contributed by atoms with Crippen molar-refractivity contribution < 1.29 is 23.8 Å². The number of nitrogens with one attached hydrogen (secondary N) is 1. The molecule has 2 fully saturated rings. The fourth-order valence-electron chi connectivity index (χ4n) is 7.35. The van der Waals surface area contributed by atoms with Crippen molar-refractivity contribution in [3.8, 4) is 22.3 Å². The number of nitrogens with zero attached hydrogens (tertiary/aromatic N) is 5. The van der Waals surface area contributed by atoms with Crippen molar-refractivity contribution in [1.82, 2.24) is 19.4 Å². The average molecular weight is 603 g/mol. The van der Waals surface area contributed by atoms with Gasteiger partial charge in [0.1, 0.15) is 11.2 Å². The number of likely N-dealkylation sites (N-methyl/N-ethyl adjacent to an activating group) is 1. The predicted molar refractivity (Wildman–Crippen MR) is 162 cm³/mol. The van der Waals surface area contributed by atoms with E-state index in [-0.39, 0.29) is 29.2 Å². The molecule has 1 aliphatic carbocycles. The summed E-state index contributed by atoms with van der Waals surface area (Å²) in [6, 6.07) is 2.37. The topological polar surface area (TPSA) is 124 Å². The number of hydrogen-bond donors (Lipinski definition) is 3. The van der Waals surface area contributed by atoms with E-state index >= 15 is 4.39 Å². The molecule has 3 N–H and O–H groups in total. The summed E-state index contributed by atoms with van der Waals surface area (Å²) in [4.78, 5) is 39.3. The van der Waals surface area contributed by atoms with Crippen LogP contribution in [-0.2, 0) is 6.42 Å². The number of carboxylic acid groups (broad SMARTS) is 1. The van der Waals surface area contributed by atoms with Crippen LogP contribution in [0.1, 0.15) is 41.0 Å². The molecule has 3 atom stereocenters. The van der Waals surface area contributed by atoms with Crippen LogP contribution in [0.3, 0.4) is 0 Å². The summed E-state index contributed by atoms with van der Waals surface area (Å²) < 4.78 is 32.3. The quantitative estimate of drug-likeness (QED) is 0.267. The number of aliphatic hydroxyl groups excluding tert-OH is 1. The predicted octanol–water partition coefficient (Wildman–Crippen LogP) is 3.74. The molecule has 3 aromatic heterocycles. The maximum Gasteiger partial charge on any atom is 0.341 e. The molecule has 7 rings (SSSR count). The monoisotopic (exact) mass is 602 g/mol. The van der Waals surface area contributed by atoms with Crippen molar-refractivity contribution >= 4 is 28.4 Å². The maximum atomic E-state index is 15.8. The van der Waals surface area contributed by atoms with Gasteiger partial charge in [0.25, 0.3) is 0 Å². The molecule has 0 spiro atoms. The van der Waals surface area contributed by atoms with Crippen molar-refractivity contribution in [2.45, 2.75) is 31.8 Å². The first kappa shape index (κ1) is 28.4. The van der Waals surface area contributed by atoms with E-state index in [1.807, 2.05) is 0 Å². The van der Waals surface area contributed by atoms with E-state index in [0.29, 0.717) is 58.2 Å². The Balaban J connectivity index is 1.52. The summed E-state index contributed by atoms with van der Waals surface area (Å²) in [5.41, 5.74) is 3.39. The number of carboxylic acids is 1. The molecule has 12 heteroatoms. The molecule has 3 aliphatic rings. The van der Waals surface area contributed by atoms with Crippen molar-refractivity contribution in [3.63, 3.8) is 0 Å². The van der Waals surface area contributed by atoms with Crippen LogP contribution >= 0.6 is 0 Å². The van der Waals surface area contributed by atoms with Gasteiger partial charge in [-0.15, -0.1) is 0 Å². The minimum Gasteiger partial charge on any atom is -0.477 e. The van der Waals surface area contributed by atoms with Gasteiger partial charge in [-0.2, -0.15) is 0 Å². The number of benzene rings is 1. The van der Waals surface area contributed by atoms with Gasteiger partial charge in [0, 0.05) is 91.7 Å². The number of aromatic nitrogens is 3. The van der Waals surface area contributed by atoms with Gasteiger partial charge in [0.15, 0.2) is 11.6 Å². The zero-order valence-electron chi connectivity index (χ0n) is 24.6. The van der Waals surface area contributed by atoms with Crippen LogP contribution in [-0.4, -0.2) is 82.0 Å². The number of hydrogen-bond acceptors (Lipinski definition) is 8. The Kier molecular flexibility index (Phi) is 6.67. The molecule has 1 aromatic carbocycles. The highest BCUT2D eigenvalue weighted by atomic mass is 19.2. The Hall–Kier alpha value is -4.42. The molecule has 10 nitrogen and oxygen atoms in total. The van der Waals surface area contributed by atoms with Crippen LogP contribution in [0, 0.1) is 17.6 Å². The minimum absolute atomic E-state index is 0.0733. The Morgan fingerprint density at radius 1 is 1.18 bits per heavy atom. The lowest BCUT2D eigenvalue weighted by Crippen LogP contribution is -2.35. The molecule has 44 heavy (non-hydrogen) atoms. The lowest BCUT2D eigenvalue weighted by molar-refractivity contribution is 0.0694. The van der Waals surface area contributed by atoms with Crippen molar-refractivity contribution in [3.05, 3.63) is 69.4 Å². The number of aliphatic hydroxyl groups is 1. The molecule has 2 saturated heterocycles. The van der Waals surface area contributed by atoms with E-state index in [9.17, 15) is 24.2 Å². The van der Waals surface area contributed by atoms with Crippen LogP contribution < -0.4 is 15.6 Å². The number of likely N-dealkylation sites (tertiary alicyclic amines) is 1. The number of aromatic carboxylic acids is 1. The molecule has 4 aromatic rings. The van der Waals surface area contributed by atoms with Gasteiger partial charge >= 0.3 is 5.97 Å². The number of rotatable bonds is 6. The first-order valence-electron chi connectivity index (χ1n) is 14.7. The minimum atomic E-state index is -1.39. The van der Waals surface area contributed by atoms with Crippen LogP contribution in [0.15, 0.2) is 35.5 Å². The second-order valence-electron chi connectivity index (χ2n) is 12.1. The lowest BCUT2D eigenvalue weighted by Gasteiger charge is -2.31. The average Bonchev–Trinajstić information content (AvgIpc) is 3.70. The number of carbonyl (C=O) groups is 1. The standard InChI is InChI=1S/C32H32F2N6O4/c1-15(14-41)40-12-21(32(43)44)30(42)19-6-17(9-37-31(19)40)20-10-36-24-7-18-23(35-2)8-22(33)28(34)26(18)27(24)29(20)39-5-4-16-11-38(3)13-25(16)39/h6,8-10,12,15-16,25,35,41H,4-5,7,11,13-14H2,1-3H3,(H,43,44)/t15?,16-,25?/m0/s1. The Morgan fingerprint density at radius 2 is 1.98 bits per heavy atom. The van der Waals surface area contributed by atoms with E-state index in [1.165, 1.54) is 16.8 Å². The largest absolute Gasteiger partial charge is 0.477 e. The second-order valence-corrected chi connectivity index (χ2v) is 12.1. The van der Waals surface area contributed by atoms with Crippen LogP contribution in [0.5, 0.6) is 0 Å². The van der Waals surface area contributed by atoms with Crippen molar-refractivity contribution in [2.24, 2.45) is 5.92 Å². The molecule has 0 radical (unpaired) electrons. The Labute approximate surface area is 251 Å². The third kappa shape index (κ3) is 4.11. The second kappa shape index (κ2) is 10.3. The molecule has 5 heterocycles. The third-order valence-corrected chi connectivity index (χ3v) is 9.49. The zero-order chi connectivity index (χ0) is 31.0. The molecule has 0 amide bonds. The molecular weight excluding hydrogens is 570 g/mol. The SMILES string of the molecule is CNc1cc(F)c(F)c2c1Cc1ncc(-c3cnc4c(c3)c(=O)c(C(=O)O)cn4C(C)CO)c(N3CC[C@H]4CN(C)CC43)c1-2. The number of pyridine rings is 3. The van der Waals surface area contributed by atoms with Gasteiger partial charge in [-0.05, 0) is 37.9 Å². The molecule has 2 aliphatic heterocycles. The summed E-state index contributed by atoms with van der Waals surface area (Å²) in [5, 5.41) is 22.7. The zero-order valence-corrected chi connectivity index (χ0v) is 24.6. The highest BCUT2D eigenvalue weighted by molar-refractivity contribution is 5.99.